The Morgan fingerprint density at radius 2 is 1.02 bits per heavy atom. The SMILES string of the molecule is C=C[C@H](CCCCCC[C@@H](C=C)[C@H](C(=O)N1CCCCC1)c1nc2ccccc2s1)[C@H](C(=O)N1CCCCC1)c1nc2ccccc2s1. The van der Waals surface area contributed by atoms with E-state index in [4.69, 9.17) is 9.97 Å². The Morgan fingerprint density at radius 1 is 0.625 bits per heavy atom. The Morgan fingerprint density at radius 3 is 1.40 bits per heavy atom. The van der Waals surface area contributed by atoms with Crippen molar-refractivity contribution in [2.45, 2.75) is 88.9 Å². The normalized spacial score (nSPS) is 18.0. The average Bonchev–Trinajstić information content (AvgIpc) is 3.76. The van der Waals surface area contributed by atoms with Crippen LogP contribution >= 0.6 is 22.7 Å². The fraction of sp³-hybridized carbons (Fsp3) is 0.500. The van der Waals surface area contributed by atoms with Gasteiger partial charge in [-0.1, -0.05) is 62.1 Å². The topological polar surface area (TPSA) is 66.4 Å². The van der Waals surface area contributed by atoms with Gasteiger partial charge in [0.05, 0.1) is 32.3 Å². The number of piperidine rings is 2. The highest BCUT2D eigenvalue weighted by Gasteiger charge is 2.36. The van der Waals surface area contributed by atoms with Gasteiger partial charge in [-0.15, -0.1) is 35.8 Å². The number of hydrogen-bond acceptors (Lipinski definition) is 6. The molecule has 2 aromatic heterocycles. The zero-order chi connectivity index (χ0) is 33.3. The third-order valence-electron chi connectivity index (χ3n) is 10.3. The fourth-order valence-corrected chi connectivity index (χ4v) is 9.84. The molecule has 2 fully saturated rings. The largest absolute Gasteiger partial charge is 0.342 e. The lowest BCUT2D eigenvalue weighted by Crippen LogP contribution is -2.40. The van der Waals surface area contributed by atoms with E-state index in [2.05, 4.69) is 35.1 Å². The van der Waals surface area contributed by atoms with Gasteiger partial charge in [-0.2, -0.15) is 0 Å². The van der Waals surface area contributed by atoms with Crippen molar-refractivity contribution in [2.24, 2.45) is 11.8 Å². The van der Waals surface area contributed by atoms with Crippen molar-refractivity contribution in [2.75, 3.05) is 26.2 Å². The van der Waals surface area contributed by atoms with Crippen molar-refractivity contribution in [3.8, 4) is 0 Å². The standard InChI is InChI=1S/C40H50N4O2S2/c1-3-29(35(39(45)43-25-15-7-16-26-43)37-41-31-21-11-13-23-33(31)47-37)19-9-5-6-10-20-30(4-2)36(40(46)44-27-17-8-18-28-44)38-42-32-22-12-14-24-34(32)48-38/h3-4,11-14,21-24,29-30,35-36H,1-2,5-10,15-20,25-28H2/t29-,30-,35+,36+/m1/s1. The van der Waals surface area contributed by atoms with E-state index >= 15 is 0 Å². The first-order chi connectivity index (χ1) is 23.6. The number of amides is 2. The third kappa shape index (κ3) is 8.08. The molecule has 2 amide bonds. The van der Waals surface area contributed by atoms with Crippen LogP contribution in [0.1, 0.15) is 98.9 Å². The maximum absolute atomic E-state index is 14.0. The number of thiazole rings is 2. The van der Waals surface area contributed by atoms with E-state index in [-0.39, 0.29) is 35.5 Å². The quantitative estimate of drug-likeness (QED) is 0.0925. The number of carbonyl (C=O) groups is 2. The van der Waals surface area contributed by atoms with E-state index in [0.29, 0.717) is 0 Å². The molecule has 6 nitrogen and oxygen atoms in total. The third-order valence-corrected chi connectivity index (χ3v) is 12.5. The number of nitrogens with zero attached hydrogens (tertiary/aromatic N) is 4. The van der Waals surface area contributed by atoms with Gasteiger partial charge in [0.1, 0.15) is 10.0 Å². The predicted molar refractivity (Wildman–Crippen MR) is 201 cm³/mol. The highest BCUT2D eigenvalue weighted by Crippen LogP contribution is 2.39. The van der Waals surface area contributed by atoms with Gasteiger partial charge in [-0.05, 0) is 87.5 Å². The second-order valence-electron chi connectivity index (χ2n) is 13.6. The summed E-state index contributed by atoms with van der Waals surface area (Å²) in [5.41, 5.74) is 1.94. The first-order valence-electron chi connectivity index (χ1n) is 18.1. The van der Waals surface area contributed by atoms with Crippen molar-refractivity contribution < 1.29 is 9.59 Å². The highest BCUT2D eigenvalue weighted by atomic mass is 32.1. The summed E-state index contributed by atoms with van der Waals surface area (Å²) < 4.78 is 2.26. The minimum absolute atomic E-state index is 0.0477. The minimum atomic E-state index is -0.279. The van der Waals surface area contributed by atoms with Crippen molar-refractivity contribution in [3.63, 3.8) is 0 Å². The molecule has 4 heterocycles. The summed E-state index contributed by atoms with van der Waals surface area (Å²) in [5, 5.41) is 1.84. The molecule has 6 rings (SSSR count). The Hall–Kier alpha value is -3.36. The summed E-state index contributed by atoms with van der Waals surface area (Å²) in [6, 6.07) is 16.4. The lowest BCUT2D eigenvalue weighted by atomic mass is 9.85. The highest BCUT2D eigenvalue weighted by molar-refractivity contribution is 7.19. The number of rotatable bonds is 15. The van der Waals surface area contributed by atoms with Crippen LogP contribution in [0.3, 0.4) is 0 Å². The summed E-state index contributed by atoms with van der Waals surface area (Å²) in [4.78, 5) is 42.1. The minimum Gasteiger partial charge on any atom is -0.342 e. The summed E-state index contributed by atoms with van der Waals surface area (Å²) in [6.45, 7) is 11.8. The maximum atomic E-state index is 14.0. The Kier molecular flexibility index (Phi) is 12.1. The molecule has 2 aliphatic heterocycles. The molecule has 0 spiro atoms. The van der Waals surface area contributed by atoms with Gasteiger partial charge in [0, 0.05) is 26.2 Å². The van der Waals surface area contributed by atoms with E-state index < -0.39 is 0 Å². The van der Waals surface area contributed by atoms with Crippen LogP contribution in [0.25, 0.3) is 20.4 Å². The first kappa shape index (κ1) is 34.5. The van der Waals surface area contributed by atoms with Crippen LogP contribution in [-0.4, -0.2) is 57.8 Å². The first-order valence-corrected chi connectivity index (χ1v) is 19.7. The molecule has 4 atom stereocenters. The van der Waals surface area contributed by atoms with Crippen molar-refractivity contribution >= 4 is 54.9 Å². The molecule has 2 aliphatic rings. The lowest BCUT2D eigenvalue weighted by Gasteiger charge is -2.32. The van der Waals surface area contributed by atoms with Gasteiger partial charge in [0.25, 0.3) is 0 Å². The molecule has 0 unspecified atom stereocenters. The zero-order valence-corrected chi connectivity index (χ0v) is 29.9. The zero-order valence-electron chi connectivity index (χ0n) is 28.2. The molecule has 8 heteroatoms. The van der Waals surface area contributed by atoms with Crippen LogP contribution in [0, 0.1) is 11.8 Å². The van der Waals surface area contributed by atoms with Crippen LogP contribution in [0.15, 0.2) is 73.8 Å². The summed E-state index contributed by atoms with van der Waals surface area (Å²) >= 11 is 3.32. The van der Waals surface area contributed by atoms with Gasteiger partial charge < -0.3 is 9.80 Å². The van der Waals surface area contributed by atoms with E-state index in [1.807, 2.05) is 48.6 Å². The number of para-hydroxylation sites is 2. The van der Waals surface area contributed by atoms with E-state index in [1.54, 1.807) is 22.7 Å². The summed E-state index contributed by atoms with van der Waals surface area (Å²) in [5.74, 6) is -0.0338. The number of allylic oxidation sites excluding steroid dienone is 2. The molecule has 2 aromatic carbocycles. The summed E-state index contributed by atoms with van der Waals surface area (Å²) in [6.07, 6.45) is 16.7. The lowest BCUT2D eigenvalue weighted by molar-refractivity contribution is -0.135. The predicted octanol–water partition coefficient (Wildman–Crippen LogP) is 9.74. The fourth-order valence-electron chi connectivity index (χ4n) is 7.57. The van der Waals surface area contributed by atoms with Gasteiger partial charge in [-0.25, -0.2) is 9.97 Å². The molecular formula is C40H50N4O2S2. The van der Waals surface area contributed by atoms with Crippen molar-refractivity contribution in [1.82, 2.24) is 19.8 Å². The van der Waals surface area contributed by atoms with E-state index in [0.717, 1.165) is 121 Å². The smallest absolute Gasteiger partial charge is 0.233 e. The van der Waals surface area contributed by atoms with Gasteiger partial charge in [0.15, 0.2) is 0 Å². The molecule has 0 aliphatic carbocycles. The van der Waals surface area contributed by atoms with Crippen LogP contribution in [0.4, 0.5) is 0 Å². The Bertz CT molecular complexity index is 1490. The van der Waals surface area contributed by atoms with E-state index in [1.165, 1.54) is 12.8 Å². The molecule has 48 heavy (non-hydrogen) atoms. The summed E-state index contributed by atoms with van der Waals surface area (Å²) in [7, 11) is 0. The van der Waals surface area contributed by atoms with Crippen LogP contribution < -0.4 is 0 Å². The monoisotopic (exact) mass is 682 g/mol. The molecule has 0 radical (unpaired) electrons. The Balaban J connectivity index is 1.09. The molecule has 0 bridgehead atoms. The number of likely N-dealkylation sites (tertiary alicyclic amines) is 2. The maximum Gasteiger partial charge on any atom is 0.233 e. The van der Waals surface area contributed by atoms with E-state index in [9.17, 15) is 9.59 Å². The molecule has 4 aromatic rings. The van der Waals surface area contributed by atoms with Crippen LogP contribution in [-0.2, 0) is 9.59 Å². The molecule has 0 saturated carbocycles. The number of unbranched alkanes of at least 4 members (excludes halogenated alkanes) is 3. The van der Waals surface area contributed by atoms with Crippen molar-refractivity contribution in [3.05, 3.63) is 83.9 Å². The number of aromatic nitrogens is 2. The number of benzene rings is 2. The molecule has 0 N–H and O–H groups in total. The van der Waals surface area contributed by atoms with Crippen molar-refractivity contribution in [1.29, 1.82) is 0 Å². The van der Waals surface area contributed by atoms with Crippen LogP contribution in [0.2, 0.25) is 0 Å². The van der Waals surface area contributed by atoms with Gasteiger partial charge >= 0.3 is 0 Å². The molecular weight excluding hydrogens is 633 g/mol. The average molecular weight is 683 g/mol. The Labute approximate surface area is 294 Å². The second-order valence-corrected chi connectivity index (χ2v) is 15.7. The second kappa shape index (κ2) is 16.8. The van der Waals surface area contributed by atoms with Gasteiger partial charge in [0.2, 0.25) is 11.8 Å². The number of carbonyl (C=O) groups excluding carboxylic acids is 2. The molecule has 2 saturated heterocycles. The molecule has 254 valence electrons. The number of hydrogen-bond donors (Lipinski definition) is 0. The van der Waals surface area contributed by atoms with Crippen LogP contribution in [0.5, 0.6) is 0 Å². The number of fused-ring (bicyclic) bond motifs is 2. The van der Waals surface area contributed by atoms with Gasteiger partial charge in [-0.3, -0.25) is 9.59 Å².